The van der Waals surface area contributed by atoms with Crippen molar-refractivity contribution in [3.8, 4) is 17.0 Å². The van der Waals surface area contributed by atoms with E-state index in [0.717, 1.165) is 21.8 Å². The zero-order valence-corrected chi connectivity index (χ0v) is 14.4. The van der Waals surface area contributed by atoms with Gasteiger partial charge in [-0.2, -0.15) is 0 Å². The molecule has 22 heavy (non-hydrogen) atoms. The van der Waals surface area contributed by atoms with Gasteiger partial charge in [0.2, 0.25) is 0 Å². The molecule has 2 heterocycles. The lowest BCUT2D eigenvalue weighted by molar-refractivity contribution is 0.00578. The highest BCUT2D eigenvalue weighted by atomic mass is 32.1. The normalized spacial score (nSPS) is 19.4. The van der Waals surface area contributed by atoms with Crippen LogP contribution in [0.2, 0.25) is 0 Å². The van der Waals surface area contributed by atoms with Crippen LogP contribution in [0.3, 0.4) is 0 Å². The molecule has 1 aliphatic rings. The average Bonchev–Trinajstić information content (AvgIpc) is 3.02. The minimum Gasteiger partial charge on any atom is -0.496 e. The van der Waals surface area contributed by atoms with Gasteiger partial charge in [-0.05, 0) is 39.8 Å². The first-order valence-electron chi connectivity index (χ1n) is 7.28. The molecule has 0 bridgehead atoms. The fourth-order valence-electron chi connectivity index (χ4n) is 2.42. The number of para-hydroxylation sites is 1. The molecule has 116 valence electrons. The van der Waals surface area contributed by atoms with Crippen molar-refractivity contribution in [3.63, 3.8) is 0 Å². The Labute approximate surface area is 135 Å². The van der Waals surface area contributed by atoms with E-state index in [-0.39, 0.29) is 11.2 Å². The number of rotatable bonds is 3. The highest BCUT2D eigenvalue weighted by molar-refractivity contribution is 7.21. The zero-order chi connectivity index (χ0) is 16.0. The monoisotopic (exact) mass is 317 g/mol. The van der Waals surface area contributed by atoms with Crippen molar-refractivity contribution in [2.24, 2.45) is 0 Å². The Morgan fingerprint density at radius 1 is 1.09 bits per heavy atom. The van der Waals surface area contributed by atoms with Crippen LogP contribution in [-0.4, -0.2) is 30.4 Å². The number of nitrogens with zero attached hydrogens (tertiary/aromatic N) is 1. The van der Waals surface area contributed by atoms with Gasteiger partial charge in [-0.1, -0.05) is 12.1 Å². The van der Waals surface area contributed by atoms with Gasteiger partial charge in [0.25, 0.3) is 0 Å². The number of methoxy groups -OCH3 is 1. The van der Waals surface area contributed by atoms with Crippen molar-refractivity contribution in [1.29, 1.82) is 0 Å². The van der Waals surface area contributed by atoms with Crippen LogP contribution in [0, 0.1) is 0 Å². The molecule has 1 aromatic carbocycles. The van der Waals surface area contributed by atoms with Gasteiger partial charge in [0.05, 0.1) is 34.3 Å². The summed E-state index contributed by atoms with van der Waals surface area (Å²) < 4.78 is 18.7. The summed E-state index contributed by atoms with van der Waals surface area (Å²) >= 11 is 1.55. The third kappa shape index (κ3) is 2.45. The molecule has 4 nitrogen and oxygen atoms in total. The molecule has 1 saturated heterocycles. The summed E-state index contributed by atoms with van der Waals surface area (Å²) in [6.45, 7) is 8.21. The van der Waals surface area contributed by atoms with Crippen LogP contribution in [0.15, 0.2) is 29.8 Å². The Kier molecular flexibility index (Phi) is 3.79. The molecule has 0 amide bonds. The average molecular weight is 317 g/mol. The zero-order valence-electron chi connectivity index (χ0n) is 13.5. The second-order valence-corrected chi connectivity index (χ2v) is 7.24. The number of hydrogen-bond acceptors (Lipinski definition) is 5. The summed E-state index contributed by atoms with van der Waals surface area (Å²) in [5.74, 6) is 0.797. The highest BCUT2D eigenvalue weighted by Crippen LogP contribution is 2.38. The van der Waals surface area contributed by atoms with E-state index in [1.54, 1.807) is 18.4 Å². The van der Waals surface area contributed by atoms with Crippen LogP contribution in [-0.2, 0) is 9.31 Å². The standard InChI is InChI=1S/C16H20BNO3S/c1-15(2)16(3,4)21-17(20-15)14-13(18-10-22-14)11-8-6-7-9-12(11)19-5/h6-10H,1-5H3. The van der Waals surface area contributed by atoms with E-state index >= 15 is 0 Å². The lowest BCUT2D eigenvalue weighted by Gasteiger charge is -2.32. The Morgan fingerprint density at radius 2 is 1.73 bits per heavy atom. The molecule has 1 fully saturated rings. The highest BCUT2D eigenvalue weighted by Gasteiger charge is 2.53. The second kappa shape index (κ2) is 5.37. The molecule has 0 N–H and O–H groups in total. The first-order chi connectivity index (χ1) is 10.4. The molecule has 0 atom stereocenters. The molecule has 0 radical (unpaired) electrons. The van der Waals surface area contributed by atoms with Gasteiger partial charge in [-0.25, -0.2) is 4.98 Å². The van der Waals surface area contributed by atoms with Gasteiger partial charge < -0.3 is 14.0 Å². The van der Waals surface area contributed by atoms with Gasteiger partial charge in [0.1, 0.15) is 5.75 Å². The first-order valence-corrected chi connectivity index (χ1v) is 8.16. The largest absolute Gasteiger partial charge is 0.507 e. The third-order valence-electron chi connectivity index (χ3n) is 4.42. The Bertz CT molecular complexity index is 668. The van der Waals surface area contributed by atoms with Crippen molar-refractivity contribution in [3.05, 3.63) is 29.8 Å². The molecule has 1 aliphatic heterocycles. The van der Waals surface area contributed by atoms with Crippen LogP contribution in [0.1, 0.15) is 27.7 Å². The molecule has 2 aromatic rings. The van der Waals surface area contributed by atoms with Crippen molar-refractivity contribution in [1.82, 2.24) is 4.98 Å². The van der Waals surface area contributed by atoms with Gasteiger partial charge in [-0.15, -0.1) is 11.3 Å². The number of benzene rings is 1. The molecular formula is C16H20BNO3S. The van der Waals surface area contributed by atoms with Gasteiger partial charge >= 0.3 is 7.12 Å². The maximum Gasteiger partial charge on any atom is 0.507 e. The molecular weight excluding hydrogens is 297 g/mol. The molecule has 0 spiro atoms. The maximum absolute atomic E-state index is 6.15. The first kappa shape index (κ1) is 15.5. The summed E-state index contributed by atoms with van der Waals surface area (Å²) in [6.07, 6.45) is 0. The van der Waals surface area contributed by atoms with Gasteiger partial charge in [0, 0.05) is 5.56 Å². The minimum absolute atomic E-state index is 0.361. The van der Waals surface area contributed by atoms with Crippen LogP contribution in [0.25, 0.3) is 11.3 Å². The number of ether oxygens (including phenoxy) is 1. The SMILES string of the molecule is COc1ccccc1-c1ncsc1B1OC(C)(C)C(C)(C)O1. The fraction of sp³-hybridized carbons (Fsp3) is 0.438. The second-order valence-electron chi connectivity index (χ2n) is 6.35. The van der Waals surface area contributed by atoms with Crippen molar-refractivity contribution >= 4 is 23.2 Å². The minimum atomic E-state index is -0.405. The Morgan fingerprint density at radius 3 is 2.36 bits per heavy atom. The van der Waals surface area contributed by atoms with Gasteiger partial charge in [-0.3, -0.25) is 0 Å². The number of aromatic nitrogens is 1. The predicted octanol–water partition coefficient (Wildman–Crippen LogP) is 3.12. The van der Waals surface area contributed by atoms with Crippen molar-refractivity contribution < 1.29 is 14.0 Å². The van der Waals surface area contributed by atoms with E-state index in [4.69, 9.17) is 14.0 Å². The lowest BCUT2D eigenvalue weighted by Crippen LogP contribution is -2.41. The maximum atomic E-state index is 6.15. The summed E-state index contributed by atoms with van der Waals surface area (Å²) in [5, 5.41) is 0. The fourth-order valence-corrected chi connectivity index (χ4v) is 3.17. The molecule has 0 aliphatic carbocycles. The van der Waals surface area contributed by atoms with E-state index in [1.807, 2.05) is 29.8 Å². The van der Waals surface area contributed by atoms with Crippen LogP contribution >= 0.6 is 11.3 Å². The van der Waals surface area contributed by atoms with E-state index in [2.05, 4.69) is 32.7 Å². The lowest BCUT2D eigenvalue weighted by atomic mass is 9.84. The Balaban J connectivity index is 2.01. The van der Waals surface area contributed by atoms with Crippen LogP contribution in [0.5, 0.6) is 5.75 Å². The van der Waals surface area contributed by atoms with E-state index in [1.165, 1.54) is 0 Å². The van der Waals surface area contributed by atoms with Gasteiger partial charge in [0.15, 0.2) is 0 Å². The predicted molar refractivity (Wildman–Crippen MR) is 89.8 cm³/mol. The summed E-state index contributed by atoms with van der Waals surface area (Å²) in [4.78, 5) is 4.51. The van der Waals surface area contributed by atoms with Crippen molar-refractivity contribution in [2.45, 2.75) is 38.9 Å². The molecule has 3 rings (SSSR count). The van der Waals surface area contributed by atoms with E-state index in [9.17, 15) is 0 Å². The Hall–Kier alpha value is -1.37. The van der Waals surface area contributed by atoms with E-state index in [0.29, 0.717) is 0 Å². The summed E-state index contributed by atoms with van der Waals surface area (Å²) in [5.41, 5.74) is 2.92. The van der Waals surface area contributed by atoms with Crippen LogP contribution in [0.4, 0.5) is 0 Å². The summed E-state index contributed by atoms with van der Waals surface area (Å²) in [7, 11) is 1.26. The van der Waals surface area contributed by atoms with E-state index < -0.39 is 7.12 Å². The number of thiazole rings is 1. The molecule has 6 heteroatoms. The number of hydrogen-bond donors (Lipinski definition) is 0. The van der Waals surface area contributed by atoms with Crippen LogP contribution < -0.4 is 9.51 Å². The third-order valence-corrected chi connectivity index (χ3v) is 5.27. The summed E-state index contributed by atoms with van der Waals surface area (Å²) in [6, 6.07) is 7.86. The molecule has 1 aromatic heterocycles. The molecule has 0 unspecified atom stereocenters. The quantitative estimate of drug-likeness (QED) is 0.816. The molecule has 0 saturated carbocycles. The smallest absolute Gasteiger partial charge is 0.496 e. The van der Waals surface area contributed by atoms with Crippen molar-refractivity contribution in [2.75, 3.05) is 7.11 Å². The topological polar surface area (TPSA) is 40.6 Å².